The second kappa shape index (κ2) is 11.2. The highest BCUT2D eigenvalue weighted by Gasteiger charge is 2.46. The number of phenolic OH excluding ortho intramolecular Hbond substituents is 2. The highest BCUT2D eigenvalue weighted by molar-refractivity contribution is 5.92. The molecule has 0 bridgehead atoms. The number of nitrogens with one attached hydrogen (secondary N) is 1. The first-order valence-corrected chi connectivity index (χ1v) is 14.8. The Balaban J connectivity index is 1.68. The van der Waals surface area contributed by atoms with Crippen molar-refractivity contribution < 1.29 is 34.0 Å². The minimum Gasteiger partial charge on any atom is -0.508 e. The van der Waals surface area contributed by atoms with Crippen LogP contribution in [0.2, 0.25) is 0 Å². The quantitative estimate of drug-likeness (QED) is 0.206. The van der Waals surface area contributed by atoms with Crippen molar-refractivity contribution in [1.29, 1.82) is 0 Å². The number of aliphatic hydroxyl groups excluding tert-OH is 1. The maximum absolute atomic E-state index is 13.6. The lowest BCUT2D eigenvalue weighted by Gasteiger charge is -2.42. The molecule has 0 amide bonds. The molecule has 2 aromatic carbocycles. The monoisotopic (exact) mass is 612 g/mol. The van der Waals surface area contributed by atoms with E-state index in [2.05, 4.69) is 5.32 Å². The molecule has 10 nitrogen and oxygen atoms in total. The Kier molecular flexibility index (Phi) is 7.48. The lowest BCUT2D eigenvalue weighted by Crippen LogP contribution is -2.49. The van der Waals surface area contributed by atoms with Crippen molar-refractivity contribution >= 4 is 16.9 Å². The van der Waals surface area contributed by atoms with Crippen LogP contribution < -0.4 is 21.2 Å². The number of nitrogens with two attached hydrogens (primary N) is 1. The van der Waals surface area contributed by atoms with Gasteiger partial charge in [0.05, 0.1) is 0 Å². The van der Waals surface area contributed by atoms with Crippen molar-refractivity contribution in [3.05, 3.63) is 110 Å². The van der Waals surface area contributed by atoms with E-state index in [-0.39, 0.29) is 34.6 Å². The molecule has 1 aromatic heterocycles. The molecule has 0 spiro atoms. The van der Waals surface area contributed by atoms with Crippen LogP contribution in [0.5, 0.6) is 17.2 Å². The third-order valence-electron chi connectivity index (χ3n) is 8.92. The van der Waals surface area contributed by atoms with Crippen LogP contribution in [0.15, 0.2) is 86.4 Å². The van der Waals surface area contributed by atoms with Crippen LogP contribution in [0, 0.1) is 0 Å². The first-order valence-electron chi connectivity index (χ1n) is 14.8. The van der Waals surface area contributed by atoms with Crippen LogP contribution in [0.25, 0.3) is 11.0 Å². The third kappa shape index (κ3) is 5.04. The van der Waals surface area contributed by atoms with Gasteiger partial charge in [-0.15, -0.1) is 0 Å². The molecular formula is C35H36N2O8. The topological polar surface area (TPSA) is 164 Å². The van der Waals surface area contributed by atoms with Gasteiger partial charge in [0, 0.05) is 53.1 Å². The van der Waals surface area contributed by atoms with Gasteiger partial charge < -0.3 is 40.3 Å². The summed E-state index contributed by atoms with van der Waals surface area (Å²) < 4.78 is 18.8. The summed E-state index contributed by atoms with van der Waals surface area (Å²) in [5, 5.41) is 35.2. The van der Waals surface area contributed by atoms with Crippen molar-refractivity contribution in [2.75, 3.05) is 6.54 Å². The van der Waals surface area contributed by atoms with Crippen LogP contribution in [0.1, 0.15) is 62.0 Å². The first kappa shape index (κ1) is 30.1. The summed E-state index contributed by atoms with van der Waals surface area (Å²) >= 11 is 0. The average Bonchev–Trinajstić information content (AvgIpc) is 3.01. The van der Waals surface area contributed by atoms with Gasteiger partial charge in [-0.05, 0) is 51.0 Å². The van der Waals surface area contributed by atoms with Crippen molar-refractivity contribution in [1.82, 2.24) is 5.32 Å². The van der Waals surface area contributed by atoms with E-state index in [1.54, 1.807) is 52.0 Å². The van der Waals surface area contributed by atoms with E-state index in [1.165, 1.54) is 0 Å². The Hall–Kier alpha value is -4.96. The SMILES string of the molecule is CC=C(C)C(=O)OC1Cc2c(c(C3C4=CCNC(N)=C4C=CC3c3cccc(O)c3)c3oc(CO)cc(=O)c3c2O)OC1(C)C. The average molecular weight is 613 g/mol. The zero-order valence-corrected chi connectivity index (χ0v) is 25.5. The van der Waals surface area contributed by atoms with E-state index < -0.39 is 41.5 Å². The lowest BCUT2D eigenvalue weighted by atomic mass is 9.69. The molecule has 3 aliphatic rings. The van der Waals surface area contributed by atoms with E-state index in [4.69, 9.17) is 19.6 Å². The molecule has 10 heteroatoms. The molecule has 0 saturated heterocycles. The molecule has 3 unspecified atom stereocenters. The fourth-order valence-electron chi connectivity index (χ4n) is 6.42. The predicted molar refractivity (Wildman–Crippen MR) is 168 cm³/mol. The van der Waals surface area contributed by atoms with Gasteiger partial charge in [0.1, 0.15) is 58.1 Å². The van der Waals surface area contributed by atoms with Crippen LogP contribution >= 0.6 is 0 Å². The number of carbonyl (C=O) groups is 1. The first-order chi connectivity index (χ1) is 21.4. The third-order valence-corrected chi connectivity index (χ3v) is 8.92. The second-order valence-corrected chi connectivity index (χ2v) is 12.1. The van der Waals surface area contributed by atoms with Gasteiger partial charge >= 0.3 is 5.97 Å². The number of dihydropyridines is 1. The summed E-state index contributed by atoms with van der Waals surface area (Å²) in [5.74, 6) is -0.931. The standard InChI is InChI=1S/C35H36N2O8/c1-5-17(2)34(42)44-26-15-24-30(41)28-25(40)14-20(16-38)43-32(28)29(31(24)45-35(26,3)4)27-21(18-7-6-8-19(39)13-18)9-10-23-22(27)11-12-37-33(23)36/h5-11,13-14,21,26-27,37-39,41H,12,15-16,36H2,1-4H3. The van der Waals surface area contributed by atoms with Gasteiger partial charge in [-0.25, -0.2) is 4.79 Å². The fraction of sp³-hybridized carbons (Fsp3) is 0.314. The number of rotatable bonds is 5. The molecule has 2 aliphatic heterocycles. The Bertz CT molecular complexity index is 1910. The number of ether oxygens (including phenoxy) is 2. The maximum atomic E-state index is 13.6. The van der Waals surface area contributed by atoms with Crippen molar-refractivity contribution in [2.24, 2.45) is 5.73 Å². The van der Waals surface area contributed by atoms with Crippen molar-refractivity contribution in [2.45, 2.75) is 64.3 Å². The number of aliphatic hydroxyl groups is 1. The summed E-state index contributed by atoms with van der Waals surface area (Å²) in [4.78, 5) is 26.4. The zero-order valence-electron chi connectivity index (χ0n) is 25.5. The number of carbonyl (C=O) groups excluding carboxylic acids is 1. The van der Waals surface area contributed by atoms with Gasteiger partial charge in [0.25, 0.3) is 0 Å². The summed E-state index contributed by atoms with van der Waals surface area (Å²) in [5.41, 5.74) is 8.47. The van der Waals surface area contributed by atoms with Crippen molar-refractivity contribution in [3.63, 3.8) is 0 Å². The number of allylic oxidation sites excluding steroid dienone is 5. The Labute approximate surface area is 259 Å². The lowest BCUT2D eigenvalue weighted by molar-refractivity contribution is -0.156. The van der Waals surface area contributed by atoms with Crippen molar-refractivity contribution in [3.8, 4) is 17.2 Å². The van der Waals surface area contributed by atoms with E-state index in [0.29, 0.717) is 34.8 Å². The van der Waals surface area contributed by atoms with Gasteiger partial charge in [0.15, 0.2) is 5.43 Å². The van der Waals surface area contributed by atoms with Crippen LogP contribution in [-0.2, 0) is 22.6 Å². The van der Waals surface area contributed by atoms with Gasteiger partial charge in [-0.2, -0.15) is 0 Å². The number of benzene rings is 2. The molecule has 45 heavy (non-hydrogen) atoms. The highest BCUT2D eigenvalue weighted by Crippen LogP contribution is 2.56. The fourth-order valence-corrected chi connectivity index (χ4v) is 6.42. The summed E-state index contributed by atoms with van der Waals surface area (Å²) in [7, 11) is 0. The molecule has 3 atom stereocenters. The minimum absolute atomic E-state index is 0.0200. The number of hydrogen-bond acceptors (Lipinski definition) is 10. The Morgan fingerprint density at radius 1 is 1.24 bits per heavy atom. The minimum atomic E-state index is -1.06. The highest BCUT2D eigenvalue weighted by atomic mass is 16.6. The van der Waals surface area contributed by atoms with Crippen LogP contribution in [0.3, 0.4) is 0 Å². The Morgan fingerprint density at radius 3 is 2.73 bits per heavy atom. The zero-order chi connectivity index (χ0) is 32.2. The molecule has 3 aromatic rings. The number of phenols is 2. The van der Waals surface area contributed by atoms with E-state index in [9.17, 15) is 24.9 Å². The molecule has 6 N–H and O–H groups in total. The van der Waals surface area contributed by atoms with E-state index in [0.717, 1.165) is 22.8 Å². The Morgan fingerprint density at radius 2 is 2.02 bits per heavy atom. The largest absolute Gasteiger partial charge is 0.508 e. The molecule has 234 valence electrons. The number of esters is 1. The summed E-state index contributed by atoms with van der Waals surface area (Å²) in [6.45, 7) is 6.89. The van der Waals surface area contributed by atoms with Gasteiger partial charge in [-0.3, -0.25) is 4.79 Å². The number of hydrogen-bond donors (Lipinski definition) is 5. The molecule has 1 aliphatic carbocycles. The molecule has 0 radical (unpaired) electrons. The van der Waals surface area contributed by atoms with Crippen LogP contribution in [0.4, 0.5) is 0 Å². The van der Waals surface area contributed by atoms with Crippen LogP contribution in [-0.4, -0.2) is 39.5 Å². The predicted octanol–water partition coefficient (Wildman–Crippen LogP) is 4.43. The summed E-state index contributed by atoms with van der Waals surface area (Å²) in [6.07, 6.45) is 6.82. The normalized spacial score (nSPS) is 22.2. The van der Waals surface area contributed by atoms with E-state index in [1.807, 2.05) is 24.3 Å². The molecule has 0 fully saturated rings. The molecule has 6 rings (SSSR count). The second-order valence-electron chi connectivity index (χ2n) is 12.1. The van der Waals surface area contributed by atoms with E-state index >= 15 is 0 Å². The molecule has 3 heterocycles. The molecular weight excluding hydrogens is 576 g/mol. The van der Waals surface area contributed by atoms with Gasteiger partial charge in [0.2, 0.25) is 0 Å². The maximum Gasteiger partial charge on any atom is 0.333 e. The molecule has 0 saturated carbocycles. The summed E-state index contributed by atoms with van der Waals surface area (Å²) in [6, 6.07) is 8.07. The van der Waals surface area contributed by atoms with Gasteiger partial charge in [-0.1, -0.05) is 36.4 Å². The number of aromatic hydroxyl groups is 2. The number of fused-ring (bicyclic) bond motifs is 3. The smallest absolute Gasteiger partial charge is 0.333 e.